The number of nitrogens with zero attached hydrogens (tertiary/aromatic N) is 1. The van der Waals surface area contributed by atoms with Gasteiger partial charge in [0, 0.05) is 34.5 Å². The van der Waals surface area contributed by atoms with Crippen LogP contribution in [0.5, 0.6) is 11.5 Å². The Labute approximate surface area is 138 Å². The number of phenols is 2. The van der Waals surface area contributed by atoms with Crippen LogP contribution in [0.4, 0.5) is 0 Å². The number of furan rings is 1. The van der Waals surface area contributed by atoms with E-state index in [1.54, 1.807) is 36.7 Å². The summed E-state index contributed by atoms with van der Waals surface area (Å²) >= 11 is 0. The minimum absolute atomic E-state index is 0.197. The Balaban J connectivity index is 2.09. The molecule has 4 heteroatoms. The number of aromatic nitrogens is 1. The molecule has 0 saturated carbocycles. The first kappa shape index (κ1) is 14.3. The summed E-state index contributed by atoms with van der Waals surface area (Å²) in [5, 5.41) is 20.4. The number of aromatic hydroxyl groups is 2. The molecule has 0 unspecified atom stereocenters. The van der Waals surface area contributed by atoms with Gasteiger partial charge in [0.2, 0.25) is 0 Å². The first-order valence-electron chi connectivity index (χ1n) is 7.59. The van der Waals surface area contributed by atoms with Crippen molar-refractivity contribution in [2.75, 3.05) is 0 Å². The predicted molar refractivity (Wildman–Crippen MR) is 92.9 cm³/mol. The molecule has 0 amide bonds. The van der Waals surface area contributed by atoms with Crippen molar-refractivity contribution in [3.05, 3.63) is 66.5 Å². The molecular formula is C20H15NO3. The van der Waals surface area contributed by atoms with Crippen LogP contribution in [0.3, 0.4) is 0 Å². The predicted octanol–water partition coefficient (Wildman–Crippen LogP) is 4.88. The molecule has 0 aliphatic heterocycles. The molecule has 0 aliphatic rings. The number of benzene rings is 2. The summed E-state index contributed by atoms with van der Waals surface area (Å²) in [6, 6.07) is 14.1. The fraction of sp³-hybridized carbons (Fsp3) is 0.0500. The first-order valence-corrected chi connectivity index (χ1v) is 7.59. The Kier molecular flexibility index (Phi) is 3.24. The van der Waals surface area contributed by atoms with E-state index in [0.29, 0.717) is 5.76 Å². The third-order valence-corrected chi connectivity index (χ3v) is 4.04. The number of aryl methyl sites for hydroxylation is 1. The molecule has 24 heavy (non-hydrogen) atoms. The number of rotatable bonds is 2. The van der Waals surface area contributed by atoms with Crippen molar-refractivity contribution in [1.82, 2.24) is 4.98 Å². The molecule has 2 aromatic carbocycles. The highest BCUT2D eigenvalue weighted by molar-refractivity contribution is 6.03. The second kappa shape index (κ2) is 5.42. The van der Waals surface area contributed by atoms with E-state index in [-0.39, 0.29) is 11.5 Å². The molecule has 4 nitrogen and oxygen atoms in total. The van der Waals surface area contributed by atoms with Gasteiger partial charge in [0.25, 0.3) is 0 Å². The van der Waals surface area contributed by atoms with Gasteiger partial charge in [-0.2, -0.15) is 0 Å². The van der Waals surface area contributed by atoms with Gasteiger partial charge in [0.05, 0.1) is 0 Å². The van der Waals surface area contributed by atoms with Crippen molar-refractivity contribution in [2.45, 2.75) is 6.92 Å². The van der Waals surface area contributed by atoms with Crippen LogP contribution in [0, 0.1) is 6.92 Å². The summed E-state index contributed by atoms with van der Waals surface area (Å²) in [5.74, 6) is 1.08. The molecule has 0 atom stereocenters. The van der Waals surface area contributed by atoms with Gasteiger partial charge in [0.15, 0.2) is 0 Å². The van der Waals surface area contributed by atoms with Crippen molar-refractivity contribution < 1.29 is 14.6 Å². The highest BCUT2D eigenvalue weighted by Crippen LogP contribution is 2.43. The maximum Gasteiger partial charge on any atom is 0.143 e. The molecular weight excluding hydrogens is 302 g/mol. The second-order valence-corrected chi connectivity index (χ2v) is 5.73. The Morgan fingerprint density at radius 3 is 2.42 bits per heavy atom. The number of fused-ring (bicyclic) bond motifs is 1. The number of phenolic OH excluding ortho intramolecular Hbond substituents is 2. The Bertz CT molecular complexity index is 1020. The zero-order valence-corrected chi connectivity index (χ0v) is 13.0. The van der Waals surface area contributed by atoms with Crippen molar-refractivity contribution in [3.63, 3.8) is 0 Å². The fourth-order valence-electron chi connectivity index (χ4n) is 2.96. The smallest absolute Gasteiger partial charge is 0.143 e. The van der Waals surface area contributed by atoms with Gasteiger partial charge in [0.1, 0.15) is 22.8 Å². The normalized spacial score (nSPS) is 11.0. The first-order chi connectivity index (χ1) is 11.6. The molecule has 0 spiro atoms. The number of pyridine rings is 1. The fourth-order valence-corrected chi connectivity index (χ4v) is 2.96. The van der Waals surface area contributed by atoms with Gasteiger partial charge in [-0.1, -0.05) is 6.07 Å². The lowest BCUT2D eigenvalue weighted by Crippen LogP contribution is -1.82. The van der Waals surface area contributed by atoms with E-state index in [9.17, 15) is 10.2 Å². The lowest BCUT2D eigenvalue weighted by atomic mass is 9.99. The van der Waals surface area contributed by atoms with Gasteiger partial charge in [-0.15, -0.1) is 0 Å². The average molecular weight is 317 g/mol. The zero-order valence-electron chi connectivity index (χ0n) is 13.0. The van der Waals surface area contributed by atoms with Crippen LogP contribution >= 0.6 is 0 Å². The minimum Gasteiger partial charge on any atom is -0.508 e. The van der Waals surface area contributed by atoms with E-state index >= 15 is 0 Å². The highest BCUT2D eigenvalue weighted by Gasteiger charge is 2.19. The van der Waals surface area contributed by atoms with Crippen LogP contribution in [0.25, 0.3) is 33.4 Å². The highest BCUT2D eigenvalue weighted by atomic mass is 16.3. The summed E-state index contributed by atoms with van der Waals surface area (Å²) in [6.45, 7) is 1.90. The van der Waals surface area contributed by atoms with Crippen LogP contribution < -0.4 is 0 Å². The summed E-state index contributed by atoms with van der Waals surface area (Å²) in [5.41, 5.74) is 4.23. The molecule has 0 bridgehead atoms. The van der Waals surface area contributed by atoms with Crippen molar-refractivity contribution in [1.29, 1.82) is 0 Å². The molecule has 2 heterocycles. The minimum atomic E-state index is 0.197. The molecule has 0 fully saturated rings. The SMILES string of the molecule is Cc1cc(O)cc2c(-c3cccnc3)c(-c3ccc(O)cc3)oc12. The molecule has 4 rings (SSSR count). The van der Waals surface area contributed by atoms with Crippen LogP contribution in [-0.4, -0.2) is 15.2 Å². The average Bonchev–Trinajstić information content (AvgIpc) is 2.96. The van der Waals surface area contributed by atoms with E-state index in [0.717, 1.165) is 33.2 Å². The molecule has 118 valence electrons. The standard InChI is InChI=1S/C20H15NO3/c1-12-9-16(23)10-17-18(14-3-2-8-21-11-14)20(24-19(12)17)13-4-6-15(22)7-5-13/h2-11,22-23H,1H3. The molecule has 0 saturated heterocycles. The monoisotopic (exact) mass is 317 g/mol. The molecule has 4 aromatic rings. The van der Waals surface area contributed by atoms with E-state index in [4.69, 9.17) is 4.42 Å². The van der Waals surface area contributed by atoms with E-state index < -0.39 is 0 Å². The molecule has 2 N–H and O–H groups in total. The van der Waals surface area contributed by atoms with Crippen LogP contribution in [-0.2, 0) is 0 Å². The number of hydrogen-bond acceptors (Lipinski definition) is 4. The van der Waals surface area contributed by atoms with Gasteiger partial charge in [-0.3, -0.25) is 4.98 Å². The van der Waals surface area contributed by atoms with Crippen molar-refractivity contribution in [2.24, 2.45) is 0 Å². The second-order valence-electron chi connectivity index (χ2n) is 5.73. The van der Waals surface area contributed by atoms with Gasteiger partial charge >= 0.3 is 0 Å². The van der Waals surface area contributed by atoms with Crippen LogP contribution in [0.15, 0.2) is 65.3 Å². The lowest BCUT2D eigenvalue weighted by Gasteiger charge is -2.04. The Morgan fingerprint density at radius 2 is 1.71 bits per heavy atom. The maximum atomic E-state index is 10.0. The summed E-state index contributed by atoms with van der Waals surface area (Å²) in [7, 11) is 0. The lowest BCUT2D eigenvalue weighted by molar-refractivity contribution is 0.474. The number of hydrogen-bond donors (Lipinski definition) is 2. The molecule has 0 radical (unpaired) electrons. The van der Waals surface area contributed by atoms with Crippen LogP contribution in [0.2, 0.25) is 0 Å². The van der Waals surface area contributed by atoms with E-state index in [1.807, 2.05) is 31.2 Å². The van der Waals surface area contributed by atoms with Crippen molar-refractivity contribution >= 4 is 11.0 Å². The Hall–Kier alpha value is -3.27. The quantitative estimate of drug-likeness (QED) is 0.553. The van der Waals surface area contributed by atoms with E-state index in [2.05, 4.69) is 4.98 Å². The molecule has 2 aromatic heterocycles. The summed E-state index contributed by atoms with van der Waals surface area (Å²) in [4.78, 5) is 4.20. The van der Waals surface area contributed by atoms with Crippen LogP contribution in [0.1, 0.15) is 5.56 Å². The largest absolute Gasteiger partial charge is 0.508 e. The third kappa shape index (κ3) is 2.29. The van der Waals surface area contributed by atoms with Gasteiger partial charge in [-0.25, -0.2) is 0 Å². The van der Waals surface area contributed by atoms with E-state index in [1.165, 1.54) is 0 Å². The molecule has 0 aliphatic carbocycles. The third-order valence-electron chi connectivity index (χ3n) is 4.04. The summed E-state index contributed by atoms with van der Waals surface area (Å²) in [6.07, 6.45) is 3.49. The van der Waals surface area contributed by atoms with Gasteiger partial charge in [-0.05, 0) is 55.0 Å². The van der Waals surface area contributed by atoms with Crippen molar-refractivity contribution in [3.8, 4) is 33.9 Å². The Morgan fingerprint density at radius 1 is 0.917 bits per heavy atom. The topological polar surface area (TPSA) is 66.5 Å². The summed E-state index contributed by atoms with van der Waals surface area (Å²) < 4.78 is 6.14. The zero-order chi connectivity index (χ0) is 16.7. The van der Waals surface area contributed by atoms with Gasteiger partial charge < -0.3 is 14.6 Å². The maximum absolute atomic E-state index is 10.0.